The topological polar surface area (TPSA) is 64.3 Å². The molecule has 1 amide bonds. The number of benzene rings is 1. The molecule has 1 aromatic carbocycles. The Labute approximate surface area is 121 Å². The monoisotopic (exact) mass is 304 g/mol. The van der Waals surface area contributed by atoms with Crippen molar-refractivity contribution in [1.82, 2.24) is 5.32 Å². The maximum absolute atomic E-state index is 12.9. The fourth-order valence-electron chi connectivity index (χ4n) is 1.59. The van der Waals surface area contributed by atoms with E-state index in [4.69, 9.17) is 10.5 Å². The number of nitrogens with two attached hydrogens (primary N) is 1. The van der Waals surface area contributed by atoms with Gasteiger partial charge in [-0.15, -0.1) is 0 Å². The highest BCUT2D eigenvalue weighted by Gasteiger charge is 2.35. The number of halogens is 3. The first-order valence-electron chi connectivity index (χ1n) is 6.35. The molecule has 7 heteroatoms. The van der Waals surface area contributed by atoms with E-state index in [0.29, 0.717) is 0 Å². The molecule has 21 heavy (non-hydrogen) atoms. The van der Waals surface area contributed by atoms with Gasteiger partial charge in [-0.3, -0.25) is 4.79 Å². The Hall–Kier alpha value is -1.92. The maximum atomic E-state index is 12.9. The average molecular weight is 304 g/mol. The summed E-state index contributed by atoms with van der Waals surface area (Å²) < 4.78 is 43.9. The minimum Gasteiger partial charge on any atom is -0.480 e. The molecule has 0 fully saturated rings. The van der Waals surface area contributed by atoms with Crippen LogP contribution in [-0.2, 0) is 11.0 Å². The normalized spacial score (nSPS) is 13.7. The Morgan fingerprint density at radius 3 is 2.33 bits per heavy atom. The van der Waals surface area contributed by atoms with Gasteiger partial charge in [0.2, 0.25) is 0 Å². The molecule has 0 spiro atoms. The van der Waals surface area contributed by atoms with E-state index in [1.807, 2.05) is 0 Å². The van der Waals surface area contributed by atoms with Crippen molar-refractivity contribution in [1.29, 1.82) is 0 Å². The van der Waals surface area contributed by atoms with Gasteiger partial charge in [-0.2, -0.15) is 13.2 Å². The van der Waals surface area contributed by atoms with E-state index in [9.17, 15) is 18.0 Å². The highest BCUT2D eigenvalue weighted by Crippen LogP contribution is 2.37. The van der Waals surface area contributed by atoms with Gasteiger partial charge in [-0.25, -0.2) is 0 Å². The van der Waals surface area contributed by atoms with E-state index in [2.05, 4.69) is 5.32 Å². The van der Waals surface area contributed by atoms with E-state index in [0.717, 1.165) is 12.1 Å². The number of rotatable bonds is 3. The first-order valence-corrected chi connectivity index (χ1v) is 6.35. The molecule has 0 heterocycles. The first kappa shape index (κ1) is 17.1. The van der Waals surface area contributed by atoms with Crippen molar-refractivity contribution < 1.29 is 22.7 Å². The Bertz CT molecular complexity index is 522. The van der Waals surface area contributed by atoms with Crippen LogP contribution in [0.2, 0.25) is 0 Å². The fraction of sp³-hybridized carbons (Fsp3) is 0.500. The van der Waals surface area contributed by atoms with Gasteiger partial charge in [0.1, 0.15) is 5.75 Å². The van der Waals surface area contributed by atoms with Crippen molar-refractivity contribution in [3.8, 4) is 5.75 Å². The highest BCUT2D eigenvalue weighted by atomic mass is 19.4. The van der Waals surface area contributed by atoms with Gasteiger partial charge in [0.25, 0.3) is 5.91 Å². The molecule has 0 saturated carbocycles. The Morgan fingerprint density at radius 2 is 1.86 bits per heavy atom. The quantitative estimate of drug-likeness (QED) is 0.844. The van der Waals surface area contributed by atoms with Crippen molar-refractivity contribution in [2.45, 2.75) is 45.5 Å². The molecule has 3 N–H and O–H groups in total. The van der Waals surface area contributed by atoms with Crippen LogP contribution >= 0.6 is 0 Å². The number of hydrogen-bond acceptors (Lipinski definition) is 3. The van der Waals surface area contributed by atoms with Crippen molar-refractivity contribution >= 4 is 11.6 Å². The molecule has 0 aliphatic carbocycles. The average Bonchev–Trinajstić information content (AvgIpc) is 2.27. The van der Waals surface area contributed by atoms with Crippen LogP contribution in [0.4, 0.5) is 18.9 Å². The number of alkyl halides is 3. The van der Waals surface area contributed by atoms with Crippen molar-refractivity contribution in [2.75, 3.05) is 5.73 Å². The summed E-state index contributed by atoms with van der Waals surface area (Å²) in [6.07, 6.45) is -5.67. The molecule has 0 saturated heterocycles. The Balaban J connectivity index is 2.95. The molecule has 1 rings (SSSR count). The molecular weight excluding hydrogens is 285 g/mol. The summed E-state index contributed by atoms with van der Waals surface area (Å²) in [4.78, 5) is 11.8. The number of ether oxygens (including phenoxy) is 1. The third-order valence-corrected chi connectivity index (χ3v) is 2.48. The van der Waals surface area contributed by atoms with Crippen LogP contribution in [0.15, 0.2) is 18.2 Å². The lowest BCUT2D eigenvalue weighted by Gasteiger charge is -2.24. The van der Waals surface area contributed by atoms with Crippen molar-refractivity contribution in [3.63, 3.8) is 0 Å². The lowest BCUT2D eigenvalue weighted by atomic mass is 10.1. The van der Waals surface area contributed by atoms with E-state index >= 15 is 0 Å². The van der Waals surface area contributed by atoms with E-state index < -0.39 is 35.0 Å². The number of anilines is 1. The molecule has 0 bridgehead atoms. The smallest absolute Gasteiger partial charge is 0.420 e. The predicted octanol–water partition coefficient (Wildman–Crippen LogP) is 2.97. The number of carbonyl (C=O) groups is 1. The molecule has 0 aliphatic rings. The molecule has 0 radical (unpaired) electrons. The number of amides is 1. The molecule has 118 valence electrons. The van der Waals surface area contributed by atoms with Gasteiger partial charge in [0.05, 0.1) is 5.56 Å². The minimum atomic E-state index is -4.61. The second kappa shape index (κ2) is 5.83. The second-order valence-electron chi connectivity index (χ2n) is 5.75. The zero-order valence-corrected chi connectivity index (χ0v) is 12.3. The number of nitrogen functional groups attached to an aromatic ring is 1. The lowest BCUT2D eigenvalue weighted by molar-refractivity contribution is -0.141. The van der Waals surface area contributed by atoms with Crippen LogP contribution in [0, 0.1) is 0 Å². The minimum absolute atomic E-state index is 0.0264. The maximum Gasteiger partial charge on any atom is 0.420 e. The van der Waals surface area contributed by atoms with Crippen LogP contribution in [0.5, 0.6) is 5.75 Å². The van der Waals surface area contributed by atoms with Crippen molar-refractivity contribution in [3.05, 3.63) is 23.8 Å². The van der Waals surface area contributed by atoms with Crippen molar-refractivity contribution in [2.24, 2.45) is 0 Å². The number of carbonyl (C=O) groups excluding carboxylic acids is 1. The van der Waals surface area contributed by atoms with E-state index in [-0.39, 0.29) is 5.69 Å². The van der Waals surface area contributed by atoms with Crippen LogP contribution in [0.1, 0.15) is 33.3 Å². The van der Waals surface area contributed by atoms with Gasteiger partial charge in [-0.1, -0.05) is 0 Å². The van der Waals surface area contributed by atoms with Crippen LogP contribution in [0.3, 0.4) is 0 Å². The third kappa shape index (κ3) is 5.17. The SMILES string of the molecule is CC(Oc1ccc(N)cc1C(F)(F)F)C(=O)NC(C)(C)C. The van der Waals surface area contributed by atoms with E-state index in [1.54, 1.807) is 20.8 Å². The summed E-state index contributed by atoms with van der Waals surface area (Å²) in [5.41, 5.74) is 3.84. The van der Waals surface area contributed by atoms with Crippen LogP contribution in [0.25, 0.3) is 0 Å². The summed E-state index contributed by atoms with van der Waals surface area (Å²) in [5, 5.41) is 2.64. The second-order valence-corrected chi connectivity index (χ2v) is 5.75. The molecule has 0 aliphatic heterocycles. The first-order chi connectivity index (χ1) is 9.40. The molecule has 1 atom stereocenters. The zero-order valence-electron chi connectivity index (χ0n) is 12.3. The lowest BCUT2D eigenvalue weighted by Crippen LogP contribution is -2.46. The summed E-state index contributed by atoms with van der Waals surface area (Å²) in [7, 11) is 0. The molecule has 1 aromatic rings. The number of nitrogens with one attached hydrogen (secondary N) is 1. The summed E-state index contributed by atoms with van der Waals surface area (Å²) in [6, 6.07) is 3.18. The largest absolute Gasteiger partial charge is 0.480 e. The van der Waals surface area contributed by atoms with E-state index in [1.165, 1.54) is 13.0 Å². The van der Waals surface area contributed by atoms with Gasteiger partial charge in [-0.05, 0) is 45.9 Å². The molecule has 1 unspecified atom stereocenters. The summed E-state index contributed by atoms with van der Waals surface area (Å²) >= 11 is 0. The fourth-order valence-corrected chi connectivity index (χ4v) is 1.59. The zero-order chi connectivity index (χ0) is 16.4. The predicted molar refractivity (Wildman–Crippen MR) is 73.8 cm³/mol. The van der Waals surface area contributed by atoms with Crippen LogP contribution in [-0.4, -0.2) is 17.6 Å². The molecule has 0 aromatic heterocycles. The highest BCUT2D eigenvalue weighted by molar-refractivity contribution is 5.81. The Morgan fingerprint density at radius 1 is 1.29 bits per heavy atom. The van der Waals surface area contributed by atoms with Gasteiger partial charge in [0.15, 0.2) is 6.10 Å². The molecule has 4 nitrogen and oxygen atoms in total. The molecular formula is C14H19F3N2O2. The summed E-state index contributed by atoms with van der Waals surface area (Å²) in [5.74, 6) is -0.916. The standard InChI is InChI=1S/C14H19F3N2O2/c1-8(12(20)19-13(2,3)4)21-11-6-5-9(18)7-10(11)14(15,16)17/h5-8H,18H2,1-4H3,(H,19,20). The Kier molecular flexibility index (Phi) is 4.76. The number of hydrogen-bond donors (Lipinski definition) is 2. The van der Waals surface area contributed by atoms with Crippen LogP contribution < -0.4 is 15.8 Å². The van der Waals surface area contributed by atoms with Gasteiger partial charge in [0, 0.05) is 11.2 Å². The summed E-state index contributed by atoms with van der Waals surface area (Å²) in [6.45, 7) is 6.68. The third-order valence-electron chi connectivity index (χ3n) is 2.48. The van der Waals surface area contributed by atoms with Gasteiger partial charge < -0.3 is 15.8 Å². The van der Waals surface area contributed by atoms with Gasteiger partial charge >= 0.3 is 6.18 Å².